The first-order chi connectivity index (χ1) is 6.26. The van der Waals surface area contributed by atoms with Gasteiger partial charge >= 0.3 is 0 Å². The van der Waals surface area contributed by atoms with Crippen LogP contribution in [0.2, 0.25) is 0 Å². The van der Waals surface area contributed by atoms with Crippen molar-refractivity contribution in [3.8, 4) is 6.07 Å². The first-order valence-electron chi connectivity index (χ1n) is 4.49. The van der Waals surface area contributed by atoms with Crippen LogP contribution in [-0.4, -0.2) is 6.04 Å². The molecule has 2 N–H and O–H groups in total. The molecule has 1 atom stereocenters. The molecule has 0 bridgehead atoms. The molecule has 13 heavy (non-hydrogen) atoms. The van der Waals surface area contributed by atoms with Crippen LogP contribution in [0.15, 0.2) is 24.3 Å². The molecule has 1 aromatic rings. The number of nitrogens with two attached hydrogens (primary N) is 1. The van der Waals surface area contributed by atoms with Crippen molar-refractivity contribution < 1.29 is 0 Å². The Bertz CT molecular complexity index is 295. The third-order valence-electron chi connectivity index (χ3n) is 2.05. The van der Waals surface area contributed by atoms with Crippen LogP contribution in [0.1, 0.15) is 18.1 Å². The molecule has 2 heteroatoms. The lowest BCUT2D eigenvalue weighted by Gasteiger charge is -2.03. The quantitative estimate of drug-likeness (QED) is 0.757. The molecule has 0 heterocycles. The standard InChI is InChI=1S/C11H14N2/c1-2-9-3-5-10(6-4-9)7-11(13)8-12/h3-6,11H,2,7,13H2,1H3. The molecule has 1 rings (SSSR count). The third-order valence-corrected chi connectivity index (χ3v) is 2.05. The molecule has 0 aliphatic rings. The largest absolute Gasteiger partial charge is 0.316 e. The van der Waals surface area contributed by atoms with E-state index in [-0.39, 0.29) is 6.04 Å². The van der Waals surface area contributed by atoms with E-state index in [0.717, 1.165) is 12.0 Å². The average Bonchev–Trinajstić information content (AvgIpc) is 2.19. The summed E-state index contributed by atoms with van der Waals surface area (Å²) in [5.74, 6) is 0. The number of rotatable bonds is 3. The second-order valence-corrected chi connectivity index (χ2v) is 3.11. The number of nitriles is 1. The average molecular weight is 174 g/mol. The molecule has 0 fully saturated rings. The SMILES string of the molecule is CCc1ccc(CC(N)C#N)cc1. The van der Waals surface area contributed by atoms with Crippen molar-refractivity contribution in [1.29, 1.82) is 5.26 Å². The van der Waals surface area contributed by atoms with Gasteiger partial charge in [-0.3, -0.25) is 0 Å². The highest BCUT2D eigenvalue weighted by Crippen LogP contribution is 2.06. The van der Waals surface area contributed by atoms with E-state index in [0.29, 0.717) is 6.42 Å². The zero-order chi connectivity index (χ0) is 9.68. The van der Waals surface area contributed by atoms with Gasteiger partial charge in [0, 0.05) is 6.42 Å². The fourth-order valence-corrected chi connectivity index (χ4v) is 1.21. The second kappa shape index (κ2) is 4.64. The maximum Gasteiger partial charge on any atom is 0.0968 e. The highest BCUT2D eigenvalue weighted by Gasteiger charge is 2.00. The van der Waals surface area contributed by atoms with E-state index in [4.69, 9.17) is 11.0 Å². The van der Waals surface area contributed by atoms with Gasteiger partial charge < -0.3 is 5.73 Å². The van der Waals surface area contributed by atoms with E-state index < -0.39 is 0 Å². The van der Waals surface area contributed by atoms with Crippen LogP contribution in [0.25, 0.3) is 0 Å². The van der Waals surface area contributed by atoms with Gasteiger partial charge in [0.2, 0.25) is 0 Å². The summed E-state index contributed by atoms with van der Waals surface area (Å²) in [6.45, 7) is 2.12. The number of aryl methyl sites for hydroxylation is 1. The number of hydrogen-bond donors (Lipinski definition) is 1. The first-order valence-corrected chi connectivity index (χ1v) is 4.49. The Morgan fingerprint density at radius 1 is 1.31 bits per heavy atom. The molecule has 2 nitrogen and oxygen atoms in total. The predicted octanol–water partition coefficient (Wildman–Crippen LogP) is 1.64. The Balaban J connectivity index is 2.65. The molecule has 1 aromatic carbocycles. The van der Waals surface area contributed by atoms with Gasteiger partial charge in [-0.05, 0) is 17.5 Å². The number of nitrogens with zero attached hydrogens (tertiary/aromatic N) is 1. The molecule has 0 saturated heterocycles. The Labute approximate surface area is 79.0 Å². The Morgan fingerprint density at radius 3 is 2.31 bits per heavy atom. The summed E-state index contributed by atoms with van der Waals surface area (Å²) in [4.78, 5) is 0. The zero-order valence-electron chi connectivity index (χ0n) is 7.83. The van der Waals surface area contributed by atoms with Crippen molar-refractivity contribution in [2.24, 2.45) is 5.73 Å². The van der Waals surface area contributed by atoms with Gasteiger partial charge in [-0.25, -0.2) is 0 Å². The van der Waals surface area contributed by atoms with Gasteiger partial charge in [0.05, 0.1) is 12.1 Å². The third kappa shape index (κ3) is 2.89. The lowest BCUT2D eigenvalue weighted by molar-refractivity contribution is 0.822. The van der Waals surface area contributed by atoms with E-state index in [1.165, 1.54) is 5.56 Å². The Kier molecular flexibility index (Phi) is 3.48. The summed E-state index contributed by atoms with van der Waals surface area (Å²) in [5, 5.41) is 8.52. The van der Waals surface area contributed by atoms with Gasteiger partial charge in [0.15, 0.2) is 0 Å². The topological polar surface area (TPSA) is 49.8 Å². The predicted molar refractivity (Wildman–Crippen MR) is 53.1 cm³/mol. The van der Waals surface area contributed by atoms with Gasteiger partial charge in [-0.1, -0.05) is 31.2 Å². The molecule has 0 spiro atoms. The summed E-state index contributed by atoms with van der Waals surface area (Å²) in [6.07, 6.45) is 1.69. The van der Waals surface area contributed by atoms with E-state index >= 15 is 0 Å². The van der Waals surface area contributed by atoms with Crippen molar-refractivity contribution in [3.05, 3.63) is 35.4 Å². The molecule has 0 amide bonds. The van der Waals surface area contributed by atoms with Gasteiger partial charge in [0.25, 0.3) is 0 Å². The molecule has 68 valence electrons. The molecule has 0 aliphatic heterocycles. The van der Waals surface area contributed by atoms with Crippen molar-refractivity contribution in [3.63, 3.8) is 0 Å². The van der Waals surface area contributed by atoms with E-state index in [1.54, 1.807) is 0 Å². The molecule has 1 unspecified atom stereocenters. The summed E-state index contributed by atoms with van der Waals surface area (Å²) >= 11 is 0. The smallest absolute Gasteiger partial charge is 0.0968 e. The lowest BCUT2D eigenvalue weighted by Crippen LogP contribution is -2.19. The maximum absolute atomic E-state index is 8.52. The van der Waals surface area contributed by atoms with Crippen molar-refractivity contribution >= 4 is 0 Å². The van der Waals surface area contributed by atoms with Gasteiger partial charge in [0.1, 0.15) is 0 Å². The van der Waals surface area contributed by atoms with Crippen molar-refractivity contribution in [2.45, 2.75) is 25.8 Å². The molecule has 0 radical (unpaired) electrons. The summed E-state index contributed by atoms with van der Waals surface area (Å²) in [6, 6.07) is 9.88. The van der Waals surface area contributed by atoms with Gasteiger partial charge in [-0.2, -0.15) is 5.26 Å². The van der Waals surface area contributed by atoms with Crippen LogP contribution in [-0.2, 0) is 12.8 Å². The highest BCUT2D eigenvalue weighted by atomic mass is 14.6. The Hall–Kier alpha value is -1.33. The summed E-state index contributed by atoms with van der Waals surface area (Å²) in [5.41, 5.74) is 7.96. The molecule has 0 aliphatic carbocycles. The molecular weight excluding hydrogens is 160 g/mol. The fourth-order valence-electron chi connectivity index (χ4n) is 1.21. The Morgan fingerprint density at radius 2 is 1.85 bits per heavy atom. The molecule has 0 saturated carbocycles. The normalized spacial score (nSPS) is 12.1. The van der Waals surface area contributed by atoms with Crippen LogP contribution >= 0.6 is 0 Å². The summed E-state index contributed by atoms with van der Waals surface area (Å²) < 4.78 is 0. The van der Waals surface area contributed by atoms with Crippen LogP contribution in [0.5, 0.6) is 0 Å². The minimum atomic E-state index is -0.382. The van der Waals surface area contributed by atoms with Crippen LogP contribution < -0.4 is 5.73 Å². The lowest BCUT2D eigenvalue weighted by atomic mass is 10.0. The number of benzene rings is 1. The zero-order valence-corrected chi connectivity index (χ0v) is 7.83. The molecular formula is C11H14N2. The summed E-state index contributed by atoms with van der Waals surface area (Å²) in [7, 11) is 0. The van der Waals surface area contributed by atoms with Gasteiger partial charge in [-0.15, -0.1) is 0 Å². The van der Waals surface area contributed by atoms with Crippen LogP contribution in [0.4, 0.5) is 0 Å². The van der Waals surface area contributed by atoms with Crippen molar-refractivity contribution in [1.82, 2.24) is 0 Å². The van der Waals surface area contributed by atoms with E-state index in [9.17, 15) is 0 Å². The minimum absolute atomic E-state index is 0.382. The highest BCUT2D eigenvalue weighted by molar-refractivity contribution is 5.23. The van der Waals surface area contributed by atoms with Crippen LogP contribution in [0, 0.1) is 11.3 Å². The second-order valence-electron chi connectivity index (χ2n) is 3.11. The molecule has 0 aromatic heterocycles. The maximum atomic E-state index is 8.52. The van der Waals surface area contributed by atoms with Crippen LogP contribution in [0.3, 0.4) is 0 Å². The first kappa shape index (κ1) is 9.76. The monoisotopic (exact) mass is 174 g/mol. The van der Waals surface area contributed by atoms with E-state index in [1.807, 2.05) is 18.2 Å². The fraction of sp³-hybridized carbons (Fsp3) is 0.364. The van der Waals surface area contributed by atoms with Crippen molar-refractivity contribution in [2.75, 3.05) is 0 Å². The number of hydrogen-bond acceptors (Lipinski definition) is 2. The minimum Gasteiger partial charge on any atom is -0.316 e. The van der Waals surface area contributed by atoms with E-state index in [2.05, 4.69) is 19.1 Å².